The van der Waals surface area contributed by atoms with Crippen LogP contribution < -0.4 is 16.0 Å². The van der Waals surface area contributed by atoms with Crippen LogP contribution in [0.2, 0.25) is 0 Å². The molecule has 1 saturated heterocycles. The molecule has 0 spiro atoms. The number of nitrogens with zero attached hydrogens (tertiary/aromatic N) is 1. The van der Waals surface area contributed by atoms with E-state index in [1.54, 1.807) is 4.90 Å². The molecule has 0 unspecified atom stereocenters. The summed E-state index contributed by atoms with van der Waals surface area (Å²) in [6, 6.07) is 12.1. The van der Waals surface area contributed by atoms with E-state index in [0.717, 1.165) is 11.1 Å². The number of amides is 1. The maximum atomic E-state index is 14.3. The largest absolute Gasteiger partial charge is 0.367 e. The number of halogens is 3. The average molecular weight is 476 g/mol. The number of anilines is 2. The lowest BCUT2D eigenvalue weighted by Gasteiger charge is -2.29. The van der Waals surface area contributed by atoms with Crippen LogP contribution >= 0.6 is 24.8 Å². The van der Waals surface area contributed by atoms with Crippen molar-refractivity contribution in [3.63, 3.8) is 0 Å². The van der Waals surface area contributed by atoms with Gasteiger partial charge in [0.1, 0.15) is 11.4 Å². The van der Waals surface area contributed by atoms with Gasteiger partial charge in [-0.05, 0) is 42.2 Å². The highest BCUT2D eigenvalue weighted by atomic mass is 35.5. The van der Waals surface area contributed by atoms with Gasteiger partial charge >= 0.3 is 0 Å². The normalized spacial score (nSPS) is 18.5. The molecule has 3 N–H and O–H groups in total. The fourth-order valence-electron chi connectivity index (χ4n) is 3.85. The second-order valence-electron chi connectivity index (χ2n) is 7.54. The summed E-state index contributed by atoms with van der Waals surface area (Å²) in [7, 11) is -3.06. The topological polar surface area (TPSA) is 92.5 Å². The third-order valence-corrected chi connectivity index (χ3v) is 7.08. The van der Waals surface area contributed by atoms with Crippen molar-refractivity contribution in [2.45, 2.75) is 18.4 Å². The monoisotopic (exact) mass is 475 g/mol. The van der Waals surface area contributed by atoms with Gasteiger partial charge in [-0.3, -0.25) is 4.79 Å². The molecule has 30 heavy (non-hydrogen) atoms. The average Bonchev–Trinajstić information content (AvgIpc) is 3.01. The molecule has 0 bridgehead atoms. The molecule has 1 amide bonds. The van der Waals surface area contributed by atoms with Crippen LogP contribution in [0.25, 0.3) is 0 Å². The highest BCUT2D eigenvalue weighted by Gasteiger charge is 2.40. The van der Waals surface area contributed by atoms with Crippen LogP contribution in [0.5, 0.6) is 0 Å². The Balaban J connectivity index is 0.00000160. The number of carbonyl (C=O) groups excluding carboxylic acids is 1. The quantitative estimate of drug-likeness (QED) is 0.710. The molecule has 1 heterocycles. The highest BCUT2D eigenvalue weighted by Crippen LogP contribution is 2.30. The number of carbonyl (C=O) groups is 1. The van der Waals surface area contributed by atoms with Crippen molar-refractivity contribution in [2.24, 2.45) is 5.73 Å². The van der Waals surface area contributed by atoms with Gasteiger partial charge in [0.25, 0.3) is 0 Å². The molecule has 1 aliphatic heterocycles. The van der Waals surface area contributed by atoms with E-state index >= 15 is 0 Å². The van der Waals surface area contributed by atoms with Gasteiger partial charge in [0, 0.05) is 18.8 Å². The maximum Gasteiger partial charge on any atom is 0.245 e. The van der Waals surface area contributed by atoms with Crippen LogP contribution in [0.15, 0.2) is 42.5 Å². The Kier molecular flexibility index (Phi) is 7.40. The zero-order valence-corrected chi connectivity index (χ0v) is 18.6. The van der Waals surface area contributed by atoms with Crippen molar-refractivity contribution < 1.29 is 17.6 Å². The molecule has 2 aliphatic rings. The first-order valence-electron chi connectivity index (χ1n) is 9.18. The van der Waals surface area contributed by atoms with E-state index in [2.05, 4.69) is 5.32 Å². The Hall–Kier alpha value is -1.87. The summed E-state index contributed by atoms with van der Waals surface area (Å²) in [6.45, 7) is 0.458. The number of benzene rings is 2. The number of nitrogens with one attached hydrogen (secondary N) is 1. The van der Waals surface area contributed by atoms with E-state index < -0.39 is 21.2 Å². The Labute approximate surface area is 187 Å². The van der Waals surface area contributed by atoms with Gasteiger partial charge in [0.05, 0.1) is 17.2 Å². The van der Waals surface area contributed by atoms with Crippen molar-refractivity contribution in [1.29, 1.82) is 0 Å². The summed E-state index contributed by atoms with van der Waals surface area (Å²) in [5.74, 6) is -0.782. The Morgan fingerprint density at radius 1 is 1.03 bits per heavy atom. The SMILES string of the molecule is Cl.Cl.NC1(C(=O)Nc2ccc(F)c(N3CCS(=O)(=O)CC3)c2)Cc2ccccc2C1. The molecule has 10 heteroatoms. The van der Waals surface area contributed by atoms with Crippen LogP contribution in [0.3, 0.4) is 0 Å². The molecule has 164 valence electrons. The zero-order chi connectivity index (χ0) is 19.9. The molecule has 2 aromatic rings. The fraction of sp³-hybridized carbons (Fsp3) is 0.350. The van der Waals surface area contributed by atoms with Crippen molar-refractivity contribution in [1.82, 2.24) is 0 Å². The summed E-state index contributed by atoms with van der Waals surface area (Å²) >= 11 is 0. The van der Waals surface area contributed by atoms with E-state index in [0.29, 0.717) is 18.5 Å². The molecular weight excluding hydrogens is 452 g/mol. The van der Waals surface area contributed by atoms with Crippen molar-refractivity contribution >= 4 is 51.9 Å². The van der Waals surface area contributed by atoms with Gasteiger partial charge in [-0.1, -0.05) is 24.3 Å². The molecular formula is C20H24Cl2FN3O3S. The lowest BCUT2D eigenvalue weighted by atomic mass is 9.96. The molecule has 1 fully saturated rings. The first-order chi connectivity index (χ1) is 13.3. The number of nitrogens with two attached hydrogens (primary N) is 1. The molecule has 0 atom stereocenters. The van der Waals surface area contributed by atoms with Crippen molar-refractivity contribution in [2.75, 3.05) is 34.8 Å². The van der Waals surface area contributed by atoms with Crippen molar-refractivity contribution in [3.05, 3.63) is 59.4 Å². The van der Waals surface area contributed by atoms with Crippen LogP contribution in [-0.4, -0.2) is 44.5 Å². The minimum absolute atomic E-state index is 0. The number of rotatable bonds is 3. The Bertz CT molecular complexity index is 1010. The molecule has 0 aromatic heterocycles. The van der Waals surface area contributed by atoms with Gasteiger partial charge < -0.3 is 16.0 Å². The molecule has 1 aliphatic carbocycles. The van der Waals surface area contributed by atoms with Gasteiger partial charge in [-0.2, -0.15) is 0 Å². The molecule has 2 aromatic carbocycles. The summed E-state index contributed by atoms with van der Waals surface area (Å²) < 4.78 is 37.5. The first-order valence-corrected chi connectivity index (χ1v) is 11.0. The lowest BCUT2D eigenvalue weighted by molar-refractivity contribution is -0.120. The standard InChI is InChI=1S/C20H22FN3O3S.2ClH/c21-17-6-5-16(11-18(17)24-7-9-28(26,27)10-8-24)23-19(25)20(22)12-14-3-1-2-4-15(14)13-20;;/h1-6,11H,7-10,12-13,22H2,(H,23,25);2*1H. The maximum absolute atomic E-state index is 14.3. The number of fused-ring (bicyclic) bond motifs is 1. The van der Waals surface area contributed by atoms with E-state index in [-0.39, 0.29) is 61.0 Å². The Morgan fingerprint density at radius 3 is 2.17 bits per heavy atom. The predicted octanol–water partition coefficient (Wildman–Crippen LogP) is 2.34. The van der Waals surface area contributed by atoms with E-state index in [1.165, 1.54) is 18.2 Å². The van der Waals surface area contributed by atoms with Crippen LogP contribution in [0, 0.1) is 5.82 Å². The molecule has 0 saturated carbocycles. The van der Waals surface area contributed by atoms with Crippen LogP contribution in [0.4, 0.5) is 15.8 Å². The van der Waals surface area contributed by atoms with E-state index in [1.807, 2.05) is 24.3 Å². The summed E-state index contributed by atoms with van der Waals surface area (Å²) in [4.78, 5) is 14.5. The highest BCUT2D eigenvalue weighted by molar-refractivity contribution is 7.91. The van der Waals surface area contributed by atoms with Crippen LogP contribution in [-0.2, 0) is 27.5 Å². The van der Waals surface area contributed by atoms with Crippen molar-refractivity contribution in [3.8, 4) is 0 Å². The number of hydrogen-bond acceptors (Lipinski definition) is 5. The fourth-order valence-corrected chi connectivity index (χ4v) is 5.05. The molecule has 6 nitrogen and oxygen atoms in total. The van der Waals surface area contributed by atoms with E-state index in [4.69, 9.17) is 5.73 Å². The third kappa shape index (κ3) is 4.88. The Morgan fingerprint density at radius 2 is 1.60 bits per heavy atom. The minimum Gasteiger partial charge on any atom is -0.367 e. The first kappa shape index (κ1) is 24.4. The predicted molar refractivity (Wildman–Crippen MR) is 121 cm³/mol. The summed E-state index contributed by atoms with van der Waals surface area (Å²) in [6.07, 6.45) is 0.903. The minimum atomic E-state index is -3.06. The molecule has 4 rings (SSSR count). The van der Waals surface area contributed by atoms with E-state index in [9.17, 15) is 17.6 Å². The third-order valence-electron chi connectivity index (χ3n) is 5.47. The summed E-state index contributed by atoms with van der Waals surface area (Å²) in [5.41, 5.74) is 8.19. The lowest BCUT2D eigenvalue weighted by Crippen LogP contribution is -2.52. The second kappa shape index (κ2) is 9.09. The summed E-state index contributed by atoms with van der Waals surface area (Å²) in [5, 5.41) is 2.81. The second-order valence-corrected chi connectivity index (χ2v) is 9.84. The zero-order valence-electron chi connectivity index (χ0n) is 16.1. The van der Waals surface area contributed by atoms with Gasteiger partial charge in [0.2, 0.25) is 5.91 Å². The van der Waals surface area contributed by atoms with Gasteiger partial charge in [-0.15, -0.1) is 24.8 Å². The van der Waals surface area contributed by atoms with Crippen LogP contribution in [0.1, 0.15) is 11.1 Å². The number of sulfone groups is 1. The van der Waals surface area contributed by atoms with Gasteiger partial charge in [-0.25, -0.2) is 12.8 Å². The smallest absolute Gasteiger partial charge is 0.245 e. The molecule has 0 radical (unpaired) electrons. The number of hydrogen-bond donors (Lipinski definition) is 2. The van der Waals surface area contributed by atoms with Gasteiger partial charge in [0.15, 0.2) is 9.84 Å².